The van der Waals surface area contributed by atoms with Crippen molar-refractivity contribution in [2.45, 2.75) is 70.4 Å². The highest BCUT2D eigenvalue weighted by Gasteiger charge is 2.58. The van der Waals surface area contributed by atoms with Gasteiger partial charge >= 0.3 is 0 Å². The summed E-state index contributed by atoms with van der Waals surface area (Å²) in [6.45, 7) is 8.58. The van der Waals surface area contributed by atoms with E-state index in [1.165, 1.54) is 6.33 Å². The monoisotopic (exact) mass is 391 g/mol. The van der Waals surface area contributed by atoms with Gasteiger partial charge in [0, 0.05) is 37.7 Å². The molecule has 2 aromatic heterocycles. The van der Waals surface area contributed by atoms with Crippen LogP contribution in [0.25, 0.3) is 11.0 Å². The van der Waals surface area contributed by atoms with Gasteiger partial charge in [0.1, 0.15) is 17.8 Å². The number of alkyl halides is 2. The molecule has 3 heterocycles. The number of rotatable bonds is 4. The Hall–Kier alpha value is -2.25. The van der Waals surface area contributed by atoms with E-state index in [0.29, 0.717) is 34.9 Å². The standard InChI is InChI=1S/C20H27F2N5O/c1-11(2)19(4)6-5-13(9-27(19)12(3)28)26-18-16-14(15-7-20(15,21)22)8-23-17(16)24-10-25-18/h8,10-11,13,15H,5-7,9H2,1-4H3,(H2,23,24,25,26)/t13-,15-,19+/m0/s1. The molecule has 8 heteroatoms. The Labute approximate surface area is 163 Å². The summed E-state index contributed by atoms with van der Waals surface area (Å²) in [5, 5.41) is 4.05. The summed E-state index contributed by atoms with van der Waals surface area (Å²) in [6.07, 6.45) is 4.66. The van der Waals surface area contributed by atoms with Gasteiger partial charge in [-0.05, 0) is 31.2 Å². The molecule has 0 spiro atoms. The minimum Gasteiger partial charge on any atom is -0.365 e. The normalized spacial score (nSPS) is 29.3. The van der Waals surface area contributed by atoms with Crippen LogP contribution in [0.2, 0.25) is 0 Å². The molecule has 0 radical (unpaired) electrons. The van der Waals surface area contributed by atoms with Crippen LogP contribution in [0.3, 0.4) is 0 Å². The molecule has 2 aliphatic rings. The van der Waals surface area contributed by atoms with Gasteiger partial charge in [0.2, 0.25) is 5.91 Å². The number of H-pyrrole nitrogens is 1. The van der Waals surface area contributed by atoms with Gasteiger partial charge in [-0.2, -0.15) is 0 Å². The lowest BCUT2D eigenvalue weighted by atomic mass is 9.78. The minimum atomic E-state index is -2.66. The molecule has 6 nitrogen and oxygen atoms in total. The number of hydrogen-bond acceptors (Lipinski definition) is 4. The highest BCUT2D eigenvalue weighted by molar-refractivity contribution is 5.91. The number of halogens is 2. The molecule has 2 N–H and O–H groups in total. The Morgan fingerprint density at radius 2 is 2.11 bits per heavy atom. The van der Waals surface area contributed by atoms with Crippen LogP contribution in [-0.2, 0) is 4.79 Å². The number of amides is 1. The van der Waals surface area contributed by atoms with Crippen molar-refractivity contribution >= 4 is 22.8 Å². The number of fused-ring (bicyclic) bond motifs is 1. The van der Waals surface area contributed by atoms with E-state index in [0.717, 1.165) is 12.8 Å². The number of anilines is 1. The zero-order valence-corrected chi connectivity index (χ0v) is 16.7. The maximum absolute atomic E-state index is 13.7. The molecule has 152 valence electrons. The number of carbonyl (C=O) groups is 1. The van der Waals surface area contributed by atoms with Crippen LogP contribution >= 0.6 is 0 Å². The van der Waals surface area contributed by atoms with Crippen molar-refractivity contribution in [3.8, 4) is 0 Å². The summed E-state index contributed by atoms with van der Waals surface area (Å²) in [6, 6.07) is 0.0105. The molecule has 0 unspecified atom stereocenters. The third-order valence-electron chi connectivity index (χ3n) is 6.68. The van der Waals surface area contributed by atoms with Gasteiger partial charge in [-0.3, -0.25) is 4.79 Å². The second-order valence-corrected chi connectivity index (χ2v) is 8.73. The van der Waals surface area contributed by atoms with E-state index < -0.39 is 11.8 Å². The molecular weight excluding hydrogens is 364 g/mol. The number of likely N-dealkylation sites (tertiary alicyclic amines) is 1. The molecule has 0 aromatic carbocycles. The lowest BCUT2D eigenvalue weighted by Gasteiger charge is -2.50. The van der Waals surface area contributed by atoms with Crippen LogP contribution in [0.1, 0.15) is 58.4 Å². The van der Waals surface area contributed by atoms with Crippen LogP contribution in [0.15, 0.2) is 12.5 Å². The summed E-state index contributed by atoms with van der Waals surface area (Å²) in [7, 11) is 0. The van der Waals surface area contributed by atoms with Crippen molar-refractivity contribution in [3.05, 3.63) is 18.1 Å². The van der Waals surface area contributed by atoms with Gasteiger partial charge in [-0.25, -0.2) is 18.7 Å². The first-order valence-electron chi connectivity index (χ1n) is 9.88. The van der Waals surface area contributed by atoms with E-state index in [9.17, 15) is 13.6 Å². The molecular formula is C20H27F2N5O. The van der Waals surface area contributed by atoms with E-state index in [-0.39, 0.29) is 23.9 Å². The summed E-state index contributed by atoms with van der Waals surface area (Å²) in [5.41, 5.74) is 0.941. The number of carbonyl (C=O) groups excluding carboxylic acids is 1. The summed E-state index contributed by atoms with van der Waals surface area (Å²) < 4.78 is 27.3. The SMILES string of the molecule is CC(=O)N1C[C@@H](Nc2ncnc3[nH]cc([C@@H]4CC4(F)F)c23)CC[C@]1(C)C(C)C. The second-order valence-electron chi connectivity index (χ2n) is 8.73. The largest absolute Gasteiger partial charge is 0.365 e. The average molecular weight is 391 g/mol. The van der Waals surface area contributed by atoms with E-state index in [2.05, 4.69) is 41.0 Å². The number of aromatic nitrogens is 3. The van der Waals surface area contributed by atoms with Crippen molar-refractivity contribution < 1.29 is 13.6 Å². The van der Waals surface area contributed by atoms with Crippen molar-refractivity contribution in [1.82, 2.24) is 19.9 Å². The molecule has 2 fully saturated rings. The fourth-order valence-corrected chi connectivity index (χ4v) is 4.44. The molecule has 1 aliphatic heterocycles. The zero-order valence-electron chi connectivity index (χ0n) is 16.7. The minimum absolute atomic E-state index is 0.0105. The molecule has 0 bridgehead atoms. The molecule has 4 rings (SSSR count). The van der Waals surface area contributed by atoms with Gasteiger partial charge in [0.15, 0.2) is 0 Å². The Morgan fingerprint density at radius 1 is 1.39 bits per heavy atom. The molecule has 3 atom stereocenters. The predicted octanol–water partition coefficient (Wildman–Crippen LogP) is 3.92. The maximum atomic E-state index is 13.7. The number of piperidine rings is 1. The topological polar surface area (TPSA) is 73.9 Å². The van der Waals surface area contributed by atoms with Crippen molar-refractivity contribution in [2.75, 3.05) is 11.9 Å². The number of aromatic amines is 1. The van der Waals surface area contributed by atoms with Crippen LogP contribution in [0.5, 0.6) is 0 Å². The lowest BCUT2D eigenvalue weighted by Crippen LogP contribution is -2.59. The fraction of sp³-hybridized carbons (Fsp3) is 0.650. The quantitative estimate of drug-likeness (QED) is 0.829. The van der Waals surface area contributed by atoms with Crippen molar-refractivity contribution in [2.24, 2.45) is 5.92 Å². The molecule has 2 aromatic rings. The summed E-state index contributed by atoms with van der Waals surface area (Å²) in [5.74, 6) is -2.48. The average Bonchev–Trinajstić information content (AvgIpc) is 3.06. The Morgan fingerprint density at radius 3 is 2.71 bits per heavy atom. The third kappa shape index (κ3) is 3.02. The van der Waals surface area contributed by atoms with Crippen LogP contribution in [0, 0.1) is 5.92 Å². The smallest absolute Gasteiger partial charge is 0.256 e. The first-order chi connectivity index (χ1) is 13.1. The summed E-state index contributed by atoms with van der Waals surface area (Å²) >= 11 is 0. The Kier molecular flexibility index (Phi) is 4.35. The lowest BCUT2D eigenvalue weighted by molar-refractivity contribution is -0.139. The molecule has 28 heavy (non-hydrogen) atoms. The zero-order chi connectivity index (χ0) is 20.3. The number of hydrogen-bond donors (Lipinski definition) is 2. The van der Waals surface area contributed by atoms with E-state index >= 15 is 0 Å². The first-order valence-corrected chi connectivity index (χ1v) is 9.88. The molecule has 1 aliphatic carbocycles. The van der Waals surface area contributed by atoms with E-state index in [4.69, 9.17) is 0 Å². The van der Waals surface area contributed by atoms with E-state index in [1.54, 1.807) is 13.1 Å². The Balaban J connectivity index is 1.61. The van der Waals surface area contributed by atoms with Gasteiger partial charge in [0.05, 0.1) is 11.3 Å². The van der Waals surface area contributed by atoms with Gasteiger partial charge < -0.3 is 15.2 Å². The highest BCUT2D eigenvalue weighted by Crippen LogP contribution is 2.57. The number of nitrogens with one attached hydrogen (secondary N) is 2. The van der Waals surface area contributed by atoms with Gasteiger partial charge in [-0.1, -0.05) is 13.8 Å². The van der Waals surface area contributed by atoms with Gasteiger partial charge in [-0.15, -0.1) is 0 Å². The molecule has 1 amide bonds. The highest BCUT2D eigenvalue weighted by atomic mass is 19.3. The van der Waals surface area contributed by atoms with Crippen LogP contribution in [-0.4, -0.2) is 49.8 Å². The summed E-state index contributed by atoms with van der Waals surface area (Å²) in [4.78, 5) is 25.8. The predicted molar refractivity (Wildman–Crippen MR) is 103 cm³/mol. The van der Waals surface area contributed by atoms with Crippen molar-refractivity contribution in [1.29, 1.82) is 0 Å². The number of nitrogens with zero attached hydrogens (tertiary/aromatic N) is 3. The van der Waals surface area contributed by atoms with E-state index in [1.807, 2.05) is 4.90 Å². The molecule has 1 saturated heterocycles. The van der Waals surface area contributed by atoms with Crippen LogP contribution in [0.4, 0.5) is 14.6 Å². The fourth-order valence-electron chi connectivity index (χ4n) is 4.44. The third-order valence-corrected chi connectivity index (χ3v) is 6.68. The molecule has 1 saturated carbocycles. The maximum Gasteiger partial charge on any atom is 0.256 e. The van der Waals surface area contributed by atoms with Gasteiger partial charge in [0.25, 0.3) is 5.92 Å². The first kappa shape index (κ1) is 19.1. The van der Waals surface area contributed by atoms with Crippen molar-refractivity contribution in [3.63, 3.8) is 0 Å². The van der Waals surface area contributed by atoms with Crippen LogP contribution < -0.4 is 5.32 Å². The Bertz CT molecular complexity index is 911. The second kappa shape index (κ2) is 6.39.